The fourth-order valence-corrected chi connectivity index (χ4v) is 1.75. The SMILES string of the molecule is N#CCCCn1nnnc1Cc1ccc([N+](=O)[O-])cc1. The Morgan fingerprint density at radius 1 is 1.35 bits per heavy atom. The predicted molar refractivity (Wildman–Crippen MR) is 68.6 cm³/mol. The molecule has 1 aromatic carbocycles. The standard InChI is InChI=1S/C12H12N6O2/c13-7-1-2-8-17-12(14-15-16-17)9-10-3-5-11(6-4-10)18(19)20/h3-6H,1-2,8-9H2. The quantitative estimate of drug-likeness (QED) is 0.447. The van der Waals surface area contributed by atoms with Gasteiger partial charge in [0.1, 0.15) is 0 Å². The third kappa shape index (κ3) is 3.35. The lowest BCUT2D eigenvalue weighted by Crippen LogP contribution is -2.06. The molecule has 2 aromatic rings. The number of rotatable bonds is 6. The molecule has 0 aliphatic carbocycles. The van der Waals surface area contributed by atoms with Crippen LogP contribution in [0.1, 0.15) is 24.2 Å². The summed E-state index contributed by atoms with van der Waals surface area (Å²) in [6.07, 6.45) is 1.64. The van der Waals surface area contributed by atoms with E-state index in [1.807, 2.05) is 0 Å². The highest BCUT2D eigenvalue weighted by Crippen LogP contribution is 2.14. The number of unbranched alkanes of at least 4 members (excludes halogenated alkanes) is 1. The Labute approximate surface area is 114 Å². The minimum absolute atomic E-state index is 0.0577. The van der Waals surface area contributed by atoms with Gasteiger partial charge in [-0.05, 0) is 22.4 Å². The largest absolute Gasteiger partial charge is 0.269 e. The molecule has 0 saturated carbocycles. The number of nitriles is 1. The molecule has 1 aromatic heterocycles. The first-order chi connectivity index (χ1) is 9.70. The van der Waals surface area contributed by atoms with Crippen LogP contribution in [0.4, 0.5) is 5.69 Å². The zero-order valence-electron chi connectivity index (χ0n) is 10.6. The summed E-state index contributed by atoms with van der Waals surface area (Å²) in [7, 11) is 0. The van der Waals surface area contributed by atoms with E-state index in [9.17, 15) is 10.1 Å². The van der Waals surface area contributed by atoms with Crippen LogP contribution in [0.3, 0.4) is 0 Å². The number of benzene rings is 1. The first-order valence-corrected chi connectivity index (χ1v) is 6.06. The van der Waals surface area contributed by atoms with E-state index >= 15 is 0 Å². The van der Waals surface area contributed by atoms with E-state index < -0.39 is 4.92 Å². The lowest BCUT2D eigenvalue weighted by Gasteiger charge is -2.03. The topological polar surface area (TPSA) is 111 Å². The molecule has 0 unspecified atom stereocenters. The molecule has 0 fully saturated rings. The van der Waals surface area contributed by atoms with Crippen molar-refractivity contribution in [2.75, 3.05) is 0 Å². The van der Waals surface area contributed by atoms with Crippen molar-refractivity contribution in [1.82, 2.24) is 20.2 Å². The zero-order chi connectivity index (χ0) is 14.4. The second-order valence-corrected chi connectivity index (χ2v) is 4.18. The lowest BCUT2D eigenvalue weighted by atomic mass is 10.1. The van der Waals surface area contributed by atoms with E-state index in [1.54, 1.807) is 16.8 Å². The molecule has 0 N–H and O–H groups in total. The number of aromatic nitrogens is 4. The van der Waals surface area contributed by atoms with Gasteiger partial charge in [-0.2, -0.15) is 5.26 Å². The molecule has 0 radical (unpaired) electrons. The molecule has 2 rings (SSSR count). The van der Waals surface area contributed by atoms with Crippen molar-refractivity contribution in [1.29, 1.82) is 5.26 Å². The minimum atomic E-state index is -0.435. The van der Waals surface area contributed by atoms with Gasteiger partial charge < -0.3 is 0 Å². The Balaban J connectivity index is 2.04. The third-order valence-electron chi connectivity index (χ3n) is 2.77. The summed E-state index contributed by atoms with van der Waals surface area (Å²) in [5, 5.41) is 30.5. The van der Waals surface area contributed by atoms with Gasteiger partial charge in [0.2, 0.25) is 0 Å². The molecule has 0 bridgehead atoms. The maximum absolute atomic E-state index is 10.6. The summed E-state index contributed by atoms with van der Waals surface area (Å²) in [6, 6.07) is 8.36. The van der Waals surface area contributed by atoms with Gasteiger partial charge in [0.15, 0.2) is 5.82 Å². The van der Waals surface area contributed by atoms with E-state index in [1.165, 1.54) is 12.1 Å². The molecule has 0 spiro atoms. The van der Waals surface area contributed by atoms with E-state index in [0.29, 0.717) is 31.6 Å². The van der Waals surface area contributed by atoms with Crippen molar-refractivity contribution in [3.05, 3.63) is 45.8 Å². The molecule has 102 valence electrons. The van der Waals surface area contributed by atoms with Gasteiger partial charge in [-0.3, -0.25) is 10.1 Å². The molecule has 8 heteroatoms. The number of nitro benzene ring substituents is 1. The first kappa shape index (κ1) is 13.6. The second-order valence-electron chi connectivity index (χ2n) is 4.18. The molecule has 0 aliphatic heterocycles. The maximum atomic E-state index is 10.6. The number of hydrogen-bond donors (Lipinski definition) is 0. The van der Waals surface area contributed by atoms with Crippen LogP contribution in [0.2, 0.25) is 0 Å². The predicted octanol–water partition coefficient (Wildman–Crippen LogP) is 1.48. The van der Waals surface area contributed by atoms with E-state index in [4.69, 9.17) is 5.26 Å². The summed E-state index contributed by atoms with van der Waals surface area (Å²) < 4.78 is 1.65. The number of nitro groups is 1. The number of tetrazole rings is 1. The van der Waals surface area contributed by atoms with Gasteiger partial charge in [0.25, 0.3) is 5.69 Å². The molecule has 1 heterocycles. The van der Waals surface area contributed by atoms with Crippen LogP contribution in [0.25, 0.3) is 0 Å². The fraction of sp³-hybridized carbons (Fsp3) is 0.333. The molecule has 0 amide bonds. The van der Waals surface area contributed by atoms with Crippen LogP contribution in [0.5, 0.6) is 0 Å². The summed E-state index contributed by atoms with van der Waals surface area (Å²) in [6.45, 7) is 0.586. The van der Waals surface area contributed by atoms with Gasteiger partial charge >= 0.3 is 0 Å². The van der Waals surface area contributed by atoms with Crippen molar-refractivity contribution < 1.29 is 4.92 Å². The minimum Gasteiger partial charge on any atom is -0.258 e. The summed E-state index contributed by atoms with van der Waals surface area (Å²) in [5.74, 6) is 0.678. The first-order valence-electron chi connectivity index (χ1n) is 6.06. The van der Waals surface area contributed by atoms with Crippen molar-refractivity contribution in [2.24, 2.45) is 0 Å². The monoisotopic (exact) mass is 272 g/mol. The molecular weight excluding hydrogens is 260 g/mol. The normalized spacial score (nSPS) is 10.2. The Morgan fingerprint density at radius 3 is 2.75 bits per heavy atom. The number of aryl methyl sites for hydroxylation is 1. The van der Waals surface area contributed by atoms with Gasteiger partial charge in [0.05, 0.1) is 11.0 Å². The third-order valence-corrected chi connectivity index (χ3v) is 2.77. The molecule has 8 nitrogen and oxygen atoms in total. The number of hydrogen-bond acceptors (Lipinski definition) is 6. The van der Waals surface area contributed by atoms with E-state index in [0.717, 1.165) is 5.56 Å². The van der Waals surface area contributed by atoms with Crippen molar-refractivity contribution in [3.63, 3.8) is 0 Å². The summed E-state index contributed by atoms with van der Waals surface area (Å²) in [5.41, 5.74) is 0.953. The number of non-ortho nitro benzene ring substituents is 1. The zero-order valence-corrected chi connectivity index (χ0v) is 10.6. The molecular formula is C12H12N6O2. The Bertz CT molecular complexity index is 628. The second kappa shape index (κ2) is 6.38. The van der Waals surface area contributed by atoms with Crippen molar-refractivity contribution >= 4 is 5.69 Å². The van der Waals surface area contributed by atoms with Gasteiger partial charge in [-0.15, -0.1) is 5.10 Å². The van der Waals surface area contributed by atoms with Crippen LogP contribution in [-0.4, -0.2) is 25.1 Å². The van der Waals surface area contributed by atoms with Gasteiger partial charge in [0, 0.05) is 31.5 Å². The highest BCUT2D eigenvalue weighted by atomic mass is 16.6. The van der Waals surface area contributed by atoms with E-state index in [2.05, 4.69) is 21.6 Å². The highest BCUT2D eigenvalue weighted by Gasteiger charge is 2.09. The summed E-state index contributed by atoms with van der Waals surface area (Å²) >= 11 is 0. The molecule has 0 saturated heterocycles. The summed E-state index contributed by atoms with van der Waals surface area (Å²) in [4.78, 5) is 10.1. The van der Waals surface area contributed by atoms with E-state index in [-0.39, 0.29) is 5.69 Å². The van der Waals surface area contributed by atoms with Crippen LogP contribution in [0.15, 0.2) is 24.3 Å². The molecule has 20 heavy (non-hydrogen) atoms. The maximum Gasteiger partial charge on any atom is 0.269 e. The van der Waals surface area contributed by atoms with Gasteiger partial charge in [-0.25, -0.2) is 4.68 Å². The van der Waals surface area contributed by atoms with Gasteiger partial charge in [-0.1, -0.05) is 12.1 Å². The highest BCUT2D eigenvalue weighted by molar-refractivity contribution is 5.33. The average Bonchev–Trinajstić information content (AvgIpc) is 2.87. The van der Waals surface area contributed by atoms with Crippen LogP contribution in [-0.2, 0) is 13.0 Å². The lowest BCUT2D eigenvalue weighted by molar-refractivity contribution is -0.384. The fourth-order valence-electron chi connectivity index (χ4n) is 1.75. The number of nitrogens with zero attached hydrogens (tertiary/aromatic N) is 6. The van der Waals surface area contributed by atoms with Crippen molar-refractivity contribution in [2.45, 2.75) is 25.8 Å². The Hall–Kier alpha value is -2.82. The van der Waals surface area contributed by atoms with Crippen LogP contribution in [0, 0.1) is 21.4 Å². The Kier molecular flexibility index (Phi) is 4.34. The van der Waals surface area contributed by atoms with Crippen LogP contribution >= 0.6 is 0 Å². The molecule has 0 aliphatic rings. The van der Waals surface area contributed by atoms with Crippen molar-refractivity contribution in [3.8, 4) is 6.07 Å². The molecule has 0 atom stereocenters. The smallest absolute Gasteiger partial charge is 0.258 e. The average molecular weight is 272 g/mol. The Morgan fingerprint density at radius 2 is 2.10 bits per heavy atom. The van der Waals surface area contributed by atoms with Crippen LogP contribution < -0.4 is 0 Å².